The predicted octanol–water partition coefficient (Wildman–Crippen LogP) is 1.84. The van der Waals surface area contributed by atoms with Crippen molar-refractivity contribution in [2.45, 2.75) is 50.1 Å². The number of allylic oxidation sites excluding steroid dienone is 1. The van der Waals surface area contributed by atoms with Gasteiger partial charge in [0.05, 0.1) is 30.7 Å². The maximum absolute atomic E-state index is 12.7. The van der Waals surface area contributed by atoms with Gasteiger partial charge in [0.25, 0.3) is 0 Å². The standard InChI is InChI=1S/C21H30N2O4/c1-2-8-17(13-19(26)23-21(15-25)11-6-7-12-21)20(27)22-18(14-24)16-9-4-3-5-10-16/h2-5,9-10,17-18,24-25H,1,6-8,11-15H2,(H,22,27)(H,23,26)/t17-,18-/m0/s1. The number of hydrogen-bond donors (Lipinski definition) is 4. The van der Waals surface area contributed by atoms with Gasteiger partial charge in [-0.05, 0) is 24.8 Å². The number of benzene rings is 1. The molecule has 0 aliphatic heterocycles. The first kappa shape index (κ1) is 21.1. The van der Waals surface area contributed by atoms with Crippen molar-refractivity contribution in [1.82, 2.24) is 10.6 Å². The van der Waals surface area contributed by atoms with Crippen molar-refractivity contribution < 1.29 is 19.8 Å². The van der Waals surface area contributed by atoms with Crippen LogP contribution in [0.3, 0.4) is 0 Å². The SMILES string of the molecule is C=CC[C@@H](CC(=O)NC1(CO)CCCC1)C(=O)N[C@@H](CO)c1ccccc1. The van der Waals surface area contributed by atoms with E-state index in [0.717, 1.165) is 31.2 Å². The van der Waals surface area contributed by atoms with Crippen molar-refractivity contribution in [3.63, 3.8) is 0 Å². The van der Waals surface area contributed by atoms with Gasteiger partial charge in [-0.2, -0.15) is 0 Å². The van der Waals surface area contributed by atoms with Gasteiger partial charge in [-0.15, -0.1) is 6.58 Å². The fourth-order valence-corrected chi connectivity index (χ4v) is 3.64. The summed E-state index contributed by atoms with van der Waals surface area (Å²) >= 11 is 0. The third kappa shape index (κ3) is 5.91. The Morgan fingerprint density at radius 3 is 2.41 bits per heavy atom. The lowest BCUT2D eigenvalue weighted by Crippen LogP contribution is -2.50. The minimum atomic E-state index is -0.572. The van der Waals surface area contributed by atoms with Gasteiger partial charge in [0.1, 0.15) is 0 Å². The van der Waals surface area contributed by atoms with E-state index in [1.54, 1.807) is 6.08 Å². The van der Waals surface area contributed by atoms with Crippen LogP contribution in [-0.2, 0) is 9.59 Å². The summed E-state index contributed by atoms with van der Waals surface area (Å²) in [6.07, 6.45) is 5.47. The highest BCUT2D eigenvalue weighted by Gasteiger charge is 2.35. The molecule has 2 amide bonds. The number of carbonyl (C=O) groups is 2. The smallest absolute Gasteiger partial charge is 0.224 e. The molecule has 6 heteroatoms. The number of aliphatic hydroxyl groups is 2. The quantitative estimate of drug-likeness (QED) is 0.470. The molecular formula is C21H30N2O4. The van der Waals surface area contributed by atoms with Crippen LogP contribution in [0.15, 0.2) is 43.0 Å². The molecular weight excluding hydrogens is 344 g/mol. The van der Waals surface area contributed by atoms with Crippen LogP contribution in [0.5, 0.6) is 0 Å². The summed E-state index contributed by atoms with van der Waals surface area (Å²) in [6, 6.07) is 8.70. The third-order valence-electron chi connectivity index (χ3n) is 5.22. The largest absolute Gasteiger partial charge is 0.394 e. The van der Waals surface area contributed by atoms with Gasteiger partial charge in [-0.1, -0.05) is 49.2 Å². The van der Waals surface area contributed by atoms with Gasteiger partial charge in [0, 0.05) is 6.42 Å². The lowest BCUT2D eigenvalue weighted by Gasteiger charge is -2.29. The van der Waals surface area contributed by atoms with Gasteiger partial charge in [0.2, 0.25) is 11.8 Å². The van der Waals surface area contributed by atoms with E-state index in [-0.39, 0.29) is 31.4 Å². The normalized spacial score (nSPS) is 17.7. The fraction of sp³-hybridized carbons (Fsp3) is 0.524. The molecule has 27 heavy (non-hydrogen) atoms. The van der Waals surface area contributed by atoms with Gasteiger partial charge in [0.15, 0.2) is 0 Å². The molecule has 1 aromatic carbocycles. The molecule has 1 aliphatic rings. The lowest BCUT2D eigenvalue weighted by atomic mass is 9.95. The van der Waals surface area contributed by atoms with E-state index in [0.29, 0.717) is 6.42 Å². The van der Waals surface area contributed by atoms with Crippen molar-refractivity contribution >= 4 is 11.8 Å². The number of amides is 2. The summed E-state index contributed by atoms with van der Waals surface area (Å²) in [7, 11) is 0. The number of hydrogen-bond acceptors (Lipinski definition) is 4. The van der Waals surface area contributed by atoms with Gasteiger partial charge in [-0.25, -0.2) is 0 Å². The average Bonchev–Trinajstić information content (AvgIpc) is 3.15. The van der Waals surface area contributed by atoms with Gasteiger partial charge in [-0.3, -0.25) is 9.59 Å². The molecule has 2 atom stereocenters. The van der Waals surface area contributed by atoms with E-state index < -0.39 is 17.5 Å². The third-order valence-corrected chi connectivity index (χ3v) is 5.22. The molecule has 1 fully saturated rings. The summed E-state index contributed by atoms with van der Waals surface area (Å²) in [5.74, 6) is -1.11. The Kier molecular flexibility index (Phi) is 8.00. The minimum absolute atomic E-state index is 0.0204. The van der Waals surface area contributed by atoms with Crippen LogP contribution in [0, 0.1) is 5.92 Å². The molecule has 148 valence electrons. The highest BCUT2D eigenvalue weighted by molar-refractivity contribution is 5.86. The minimum Gasteiger partial charge on any atom is -0.394 e. The molecule has 1 aromatic rings. The Labute approximate surface area is 160 Å². The molecule has 6 nitrogen and oxygen atoms in total. The second-order valence-corrected chi connectivity index (χ2v) is 7.27. The Hall–Kier alpha value is -2.18. The molecule has 1 saturated carbocycles. The van der Waals surface area contributed by atoms with Crippen LogP contribution in [0.1, 0.15) is 50.1 Å². The van der Waals surface area contributed by atoms with E-state index in [1.165, 1.54) is 0 Å². The number of aliphatic hydroxyl groups excluding tert-OH is 2. The van der Waals surface area contributed by atoms with E-state index in [1.807, 2.05) is 30.3 Å². The van der Waals surface area contributed by atoms with Crippen molar-refractivity contribution in [3.8, 4) is 0 Å². The molecule has 0 heterocycles. The molecule has 1 aliphatic carbocycles. The van der Waals surface area contributed by atoms with E-state index >= 15 is 0 Å². The second kappa shape index (κ2) is 10.2. The first-order chi connectivity index (χ1) is 13.0. The Morgan fingerprint density at radius 1 is 1.19 bits per heavy atom. The predicted molar refractivity (Wildman–Crippen MR) is 104 cm³/mol. The molecule has 0 aromatic heterocycles. The van der Waals surface area contributed by atoms with Gasteiger partial charge >= 0.3 is 0 Å². The van der Waals surface area contributed by atoms with Crippen LogP contribution in [0.4, 0.5) is 0 Å². The van der Waals surface area contributed by atoms with Crippen LogP contribution < -0.4 is 10.6 Å². The summed E-state index contributed by atoms with van der Waals surface area (Å²) in [5, 5.41) is 25.0. The van der Waals surface area contributed by atoms with Crippen molar-refractivity contribution in [2.75, 3.05) is 13.2 Å². The summed E-state index contributed by atoms with van der Waals surface area (Å²) in [6.45, 7) is 3.37. The zero-order valence-electron chi connectivity index (χ0n) is 15.7. The molecule has 0 saturated heterocycles. The van der Waals surface area contributed by atoms with Crippen LogP contribution in [0.2, 0.25) is 0 Å². The van der Waals surface area contributed by atoms with Crippen molar-refractivity contribution in [2.24, 2.45) is 5.92 Å². The van der Waals surface area contributed by atoms with Crippen molar-refractivity contribution in [1.29, 1.82) is 0 Å². The molecule has 0 radical (unpaired) electrons. The molecule has 0 unspecified atom stereocenters. The van der Waals surface area contributed by atoms with E-state index in [2.05, 4.69) is 17.2 Å². The fourth-order valence-electron chi connectivity index (χ4n) is 3.64. The van der Waals surface area contributed by atoms with E-state index in [9.17, 15) is 19.8 Å². The summed E-state index contributed by atoms with van der Waals surface area (Å²) in [5.41, 5.74) is 0.254. The molecule has 0 bridgehead atoms. The second-order valence-electron chi connectivity index (χ2n) is 7.27. The number of nitrogens with one attached hydrogen (secondary N) is 2. The molecule has 2 rings (SSSR count). The molecule has 4 N–H and O–H groups in total. The Morgan fingerprint density at radius 2 is 1.85 bits per heavy atom. The maximum Gasteiger partial charge on any atom is 0.224 e. The van der Waals surface area contributed by atoms with Crippen LogP contribution in [0.25, 0.3) is 0 Å². The first-order valence-electron chi connectivity index (χ1n) is 9.52. The zero-order chi connectivity index (χ0) is 19.7. The topological polar surface area (TPSA) is 98.7 Å². The summed E-state index contributed by atoms with van der Waals surface area (Å²) in [4.78, 5) is 25.2. The highest BCUT2D eigenvalue weighted by Crippen LogP contribution is 2.29. The first-order valence-corrected chi connectivity index (χ1v) is 9.52. The van der Waals surface area contributed by atoms with Crippen molar-refractivity contribution in [3.05, 3.63) is 48.6 Å². The van der Waals surface area contributed by atoms with Crippen LogP contribution in [-0.4, -0.2) is 40.8 Å². The average molecular weight is 374 g/mol. The highest BCUT2D eigenvalue weighted by atomic mass is 16.3. The van der Waals surface area contributed by atoms with Gasteiger partial charge < -0.3 is 20.8 Å². The maximum atomic E-state index is 12.7. The number of carbonyl (C=O) groups excluding carboxylic acids is 2. The Bertz CT molecular complexity index is 626. The summed E-state index contributed by atoms with van der Waals surface area (Å²) < 4.78 is 0. The van der Waals surface area contributed by atoms with E-state index in [4.69, 9.17) is 0 Å². The van der Waals surface area contributed by atoms with Crippen LogP contribution >= 0.6 is 0 Å². The Balaban J connectivity index is 1.99. The number of rotatable bonds is 10. The molecule has 0 spiro atoms. The zero-order valence-corrected chi connectivity index (χ0v) is 15.7. The monoisotopic (exact) mass is 374 g/mol. The lowest BCUT2D eigenvalue weighted by molar-refractivity contribution is -0.132.